The van der Waals surface area contributed by atoms with Gasteiger partial charge in [0.1, 0.15) is 0 Å². The van der Waals surface area contributed by atoms with Crippen molar-refractivity contribution in [2.45, 2.75) is 11.8 Å². The molecule has 5 heteroatoms. The zero-order valence-corrected chi connectivity index (χ0v) is 10.4. The molecule has 1 aliphatic rings. The zero-order chi connectivity index (χ0) is 12.3. The molecule has 17 heavy (non-hydrogen) atoms. The molecule has 0 saturated carbocycles. The van der Waals surface area contributed by atoms with Crippen LogP contribution in [-0.4, -0.2) is 35.7 Å². The van der Waals surface area contributed by atoms with Crippen molar-refractivity contribution < 1.29 is 9.59 Å². The SMILES string of the molecule is Cc1ccc(SCC(=O)N2CCNC2=O)cc1. The molecule has 0 atom stereocenters. The van der Waals surface area contributed by atoms with Gasteiger partial charge in [-0.05, 0) is 19.1 Å². The summed E-state index contributed by atoms with van der Waals surface area (Å²) in [5, 5.41) is 2.61. The highest BCUT2D eigenvalue weighted by Gasteiger charge is 2.25. The fourth-order valence-corrected chi connectivity index (χ4v) is 2.34. The van der Waals surface area contributed by atoms with Crippen LogP contribution in [0, 0.1) is 6.92 Å². The van der Waals surface area contributed by atoms with E-state index in [-0.39, 0.29) is 11.9 Å². The lowest BCUT2D eigenvalue weighted by Gasteiger charge is -2.11. The number of hydrogen-bond acceptors (Lipinski definition) is 3. The van der Waals surface area contributed by atoms with Gasteiger partial charge in [-0.15, -0.1) is 11.8 Å². The molecule has 4 nitrogen and oxygen atoms in total. The molecule has 1 aromatic rings. The molecule has 1 saturated heterocycles. The Balaban J connectivity index is 1.87. The molecule has 1 N–H and O–H groups in total. The van der Waals surface area contributed by atoms with Crippen LogP contribution in [0.25, 0.3) is 0 Å². The predicted molar refractivity (Wildman–Crippen MR) is 67.0 cm³/mol. The molecule has 1 aliphatic heterocycles. The first-order valence-electron chi connectivity index (χ1n) is 5.44. The Hall–Kier alpha value is -1.49. The molecule has 0 radical (unpaired) electrons. The van der Waals surface area contributed by atoms with Crippen molar-refractivity contribution in [3.05, 3.63) is 29.8 Å². The molecular weight excluding hydrogens is 236 g/mol. The van der Waals surface area contributed by atoms with Crippen LogP contribution in [0.4, 0.5) is 4.79 Å². The summed E-state index contributed by atoms with van der Waals surface area (Å²) in [5.74, 6) is 0.168. The maximum atomic E-state index is 11.7. The first-order chi connectivity index (χ1) is 8.16. The van der Waals surface area contributed by atoms with Crippen LogP contribution in [0.1, 0.15) is 5.56 Å². The number of imide groups is 1. The predicted octanol–water partition coefficient (Wildman–Crippen LogP) is 1.64. The number of hydrogen-bond donors (Lipinski definition) is 1. The molecule has 1 heterocycles. The van der Waals surface area contributed by atoms with E-state index in [1.54, 1.807) is 0 Å². The van der Waals surface area contributed by atoms with Gasteiger partial charge in [0.05, 0.1) is 5.75 Å². The van der Waals surface area contributed by atoms with Gasteiger partial charge in [-0.3, -0.25) is 9.69 Å². The molecule has 1 aromatic carbocycles. The summed E-state index contributed by atoms with van der Waals surface area (Å²) in [6.07, 6.45) is 0. The zero-order valence-electron chi connectivity index (χ0n) is 9.60. The average molecular weight is 250 g/mol. The minimum absolute atomic E-state index is 0.134. The van der Waals surface area contributed by atoms with E-state index in [1.165, 1.54) is 22.2 Å². The van der Waals surface area contributed by atoms with E-state index >= 15 is 0 Å². The van der Waals surface area contributed by atoms with Crippen molar-refractivity contribution in [1.82, 2.24) is 10.2 Å². The molecule has 2 rings (SSSR count). The highest BCUT2D eigenvalue weighted by molar-refractivity contribution is 8.00. The summed E-state index contributed by atoms with van der Waals surface area (Å²) in [5.41, 5.74) is 1.19. The monoisotopic (exact) mass is 250 g/mol. The van der Waals surface area contributed by atoms with Crippen LogP contribution in [0.5, 0.6) is 0 Å². The van der Waals surface area contributed by atoms with Gasteiger partial charge in [0, 0.05) is 18.0 Å². The Labute approximate surface area is 104 Å². The van der Waals surface area contributed by atoms with E-state index < -0.39 is 0 Å². The topological polar surface area (TPSA) is 49.4 Å². The second-order valence-electron chi connectivity index (χ2n) is 3.88. The third-order valence-electron chi connectivity index (χ3n) is 2.54. The van der Waals surface area contributed by atoms with Crippen molar-refractivity contribution in [3.8, 4) is 0 Å². The number of amides is 3. The summed E-state index contributed by atoms with van der Waals surface area (Å²) < 4.78 is 0. The van der Waals surface area contributed by atoms with E-state index in [9.17, 15) is 9.59 Å². The van der Waals surface area contributed by atoms with E-state index in [0.29, 0.717) is 18.8 Å². The average Bonchev–Trinajstić information content (AvgIpc) is 2.74. The van der Waals surface area contributed by atoms with Crippen LogP contribution in [0.2, 0.25) is 0 Å². The molecule has 90 valence electrons. The second-order valence-corrected chi connectivity index (χ2v) is 4.93. The molecule has 0 bridgehead atoms. The van der Waals surface area contributed by atoms with Gasteiger partial charge in [0.15, 0.2) is 0 Å². The molecule has 0 spiro atoms. The van der Waals surface area contributed by atoms with Crippen LogP contribution >= 0.6 is 11.8 Å². The minimum Gasteiger partial charge on any atom is -0.336 e. The van der Waals surface area contributed by atoms with Crippen LogP contribution in [-0.2, 0) is 4.79 Å². The van der Waals surface area contributed by atoms with Crippen molar-refractivity contribution in [2.24, 2.45) is 0 Å². The number of rotatable bonds is 3. The van der Waals surface area contributed by atoms with Crippen molar-refractivity contribution in [1.29, 1.82) is 0 Å². The number of aryl methyl sites for hydroxylation is 1. The number of carbonyl (C=O) groups excluding carboxylic acids is 2. The lowest BCUT2D eigenvalue weighted by Crippen LogP contribution is -2.35. The van der Waals surface area contributed by atoms with Gasteiger partial charge in [0.25, 0.3) is 0 Å². The summed E-state index contributed by atoms with van der Waals surface area (Å²) in [6, 6.07) is 7.71. The molecule has 0 aliphatic carbocycles. The number of nitrogens with one attached hydrogen (secondary N) is 1. The highest BCUT2D eigenvalue weighted by Crippen LogP contribution is 2.19. The normalized spacial score (nSPS) is 14.9. The fraction of sp³-hybridized carbons (Fsp3) is 0.333. The smallest absolute Gasteiger partial charge is 0.324 e. The number of urea groups is 1. The largest absolute Gasteiger partial charge is 0.336 e. The Bertz CT molecular complexity index is 431. The Morgan fingerprint density at radius 3 is 2.71 bits per heavy atom. The summed E-state index contributed by atoms with van der Waals surface area (Å²) >= 11 is 1.45. The van der Waals surface area contributed by atoms with Crippen molar-refractivity contribution in [2.75, 3.05) is 18.8 Å². The second kappa shape index (κ2) is 5.23. The minimum atomic E-state index is -0.278. The van der Waals surface area contributed by atoms with E-state index in [2.05, 4.69) is 5.32 Å². The summed E-state index contributed by atoms with van der Waals surface area (Å²) in [6.45, 7) is 3.06. The Morgan fingerprint density at radius 1 is 1.41 bits per heavy atom. The Morgan fingerprint density at radius 2 is 2.12 bits per heavy atom. The molecule has 3 amide bonds. The van der Waals surface area contributed by atoms with Crippen molar-refractivity contribution in [3.63, 3.8) is 0 Å². The highest BCUT2D eigenvalue weighted by atomic mass is 32.2. The third kappa shape index (κ3) is 3.00. The quantitative estimate of drug-likeness (QED) is 0.830. The van der Waals surface area contributed by atoms with Crippen molar-refractivity contribution >= 4 is 23.7 Å². The van der Waals surface area contributed by atoms with E-state index in [0.717, 1.165) is 4.90 Å². The van der Waals surface area contributed by atoms with Gasteiger partial charge in [0.2, 0.25) is 5.91 Å². The maximum absolute atomic E-state index is 11.7. The standard InChI is InChI=1S/C12H14N2O2S/c1-9-2-4-10(5-3-9)17-8-11(15)14-7-6-13-12(14)16/h2-5H,6-8H2,1H3,(H,13,16). The number of benzene rings is 1. The van der Waals surface area contributed by atoms with Gasteiger partial charge < -0.3 is 5.32 Å². The first kappa shape index (κ1) is 12.0. The number of nitrogens with zero attached hydrogens (tertiary/aromatic N) is 1. The lowest BCUT2D eigenvalue weighted by molar-refractivity contribution is -0.124. The molecular formula is C12H14N2O2S. The summed E-state index contributed by atoms with van der Waals surface area (Å²) in [4.78, 5) is 25.3. The first-order valence-corrected chi connectivity index (χ1v) is 6.43. The number of carbonyl (C=O) groups is 2. The molecule has 0 unspecified atom stereocenters. The van der Waals surface area contributed by atoms with Gasteiger partial charge in [-0.25, -0.2) is 4.79 Å². The van der Waals surface area contributed by atoms with Crippen LogP contribution in [0.15, 0.2) is 29.2 Å². The number of thioether (sulfide) groups is 1. The van der Waals surface area contributed by atoms with Crippen LogP contribution < -0.4 is 5.32 Å². The Kier molecular flexibility index (Phi) is 3.68. The fourth-order valence-electron chi connectivity index (χ4n) is 1.57. The summed E-state index contributed by atoms with van der Waals surface area (Å²) in [7, 11) is 0. The van der Waals surface area contributed by atoms with E-state index in [4.69, 9.17) is 0 Å². The van der Waals surface area contributed by atoms with Crippen LogP contribution in [0.3, 0.4) is 0 Å². The van der Waals surface area contributed by atoms with E-state index in [1.807, 2.05) is 31.2 Å². The van der Waals surface area contributed by atoms with Gasteiger partial charge in [-0.2, -0.15) is 0 Å². The van der Waals surface area contributed by atoms with Gasteiger partial charge in [-0.1, -0.05) is 17.7 Å². The third-order valence-corrected chi connectivity index (χ3v) is 3.54. The molecule has 1 fully saturated rings. The van der Waals surface area contributed by atoms with Gasteiger partial charge >= 0.3 is 6.03 Å². The molecule has 0 aromatic heterocycles. The lowest BCUT2D eigenvalue weighted by atomic mass is 10.2. The maximum Gasteiger partial charge on any atom is 0.324 e.